The van der Waals surface area contributed by atoms with Crippen LogP contribution >= 0.6 is 0 Å². The summed E-state index contributed by atoms with van der Waals surface area (Å²) in [4.78, 5) is 13.3. The summed E-state index contributed by atoms with van der Waals surface area (Å²) in [7, 11) is 0. The first-order valence-corrected chi connectivity index (χ1v) is 9.26. The number of benzene rings is 4. The number of hydrogen-bond acceptors (Lipinski definition) is 1. The van der Waals surface area contributed by atoms with Crippen molar-refractivity contribution < 1.29 is 4.79 Å². The monoisotopic (exact) mass is 344 g/mol. The fourth-order valence-corrected chi connectivity index (χ4v) is 5.12. The van der Waals surface area contributed by atoms with Crippen LogP contribution in [0.2, 0.25) is 0 Å². The second-order valence-electron chi connectivity index (χ2n) is 7.26. The smallest absolute Gasteiger partial charge is 0.193 e. The predicted octanol–water partition coefficient (Wildman–Crippen LogP) is 5.59. The van der Waals surface area contributed by atoms with Crippen LogP contribution in [0.3, 0.4) is 0 Å². The maximum Gasteiger partial charge on any atom is 0.193 e. The van der Waals surface area contributed by atoms with E-state index in [-0.39, 0.29) is 5.78 Å². The number of ketones is 1. The lowest BCUT2D eigenvalue weighted by Gasteiger charge is -2.39. The molecule has 2 aliphatic rings. The molecule has 4 aromatic rings. The van der Waals surface area contributed by atoms with E-state index in [0.29, 0.717) is 0 Å². The Labute approximate surface area is 157 Å². The van der Waals surface area contributed by atoms with Gasteiger partial charge in [-0.05, 0) is 33.4 Å². The summed E-state index contributed by atoms with van der Waals surface area (Å²) in [5.74, 6) is 0.119. The Hall–Kier alpha value is -3.45. The van der Waals surface area contributed by atoms with Gasteiger partial charge in [-0.1, -0.05) is 97.1 Å². The molecule has 27 heavy (non-hydrogen) atoms. The van der Waals surface area contributed by atoms with E-state index >= 15 is 0 Å². The lowest BCUT2D eigenvalue weighted by atomic mass is 9.61. The van der Waals surface area contributed by atoms with Gasteiger partial charge in [-0.25, -0.2) is 0 Å². The maximum absolute atomic E-state index is 13.3. The van der Waals surface area contributed by atoms with Gasteiger partial charge in [0.15, 0.2) is 5.78 Å². The van der Waals surface area contributed by atoms with Crippen LogP contribution in [0.25, 0.3) is 11.1 Å². The van der Waals surface area contributed by atoms with Crippen molar-refractivity contribution in [3.8, 4) is 11.1 Å². The van der Waals surface area contributed by atoms with E-state index in [1.807, 2.05) is 36.4 Å². The van der Waals surface area contributed by atoms with E-state index in [4.69, 9.17) is 0 Å². The summed E-state index contributed by atoms with van der Waals surface area (Å²) in [6.45, 7) is 0. The highest BCUT2D eigenvalue weighted by Crippen LogP contribution is 2.58. The van der Waals surface area contributed by atoms with E-state index in [1.165, 1.54) is 22.3 Å². The number of rotatable bonds is 0. The lowest BCUT2D eigenvalue weighted by molar-refractivity contribution is 0.103. The molecule has 0 unspecified atom stereocenters. The molecule has 0 bridgehead atoms. The van der Waals surface area contributed by atoms with Gasteiger partial charge in [-0.2, -0.15) is 0 Å². The molecular weight excluding hydrogens is 328 g/mol. The molecule has 0 fully saturated rings. The highest BCUT2D eigenvalue weighted by Gasteiger charge is 2.51. The fourth-order valence-electron chi connectivity index (χ4n) is 5.12. The highest BCUT2D eigenvalue weighted by molar-refractivity contribution is 6.14. The molecule has 1 heteroatoms. The van der Waals surface area contributed by atoms with E-state index < -0.39 is 5.41 Å². The van der Waals surface area contributed by atoms with Crippen molar-refractivity contribution in [2.24, 2.45) is 0 Å². The largest absolute Gasteiger partial charge is 0.289 e. The van der Waals surface area contributed by atoms with Gasteiger partial charge < -0.3 is 0 Å². The number of fused-ring (bicyclic) bond motifs is 9. The Balaban J connectivity index is 1.89. The number of carbonyl (C=O) groups excluding carboxylic acids is 1. The van der Waals surface area contributed by atoms with Crippen LogP contribution in [0.15, 0.2) is 97.1 Å². The van der Waals surface area contributed by atoms with Crippen LogP contribution in [0, 0.1) is 0 Å². The molecule has 1 spiro atoms. The minimum Gasteiger partial charge on any atom is -0.289 e. The molecule has 0 radical (unpaired) electrons. The molecule has 0 amide bonds. The first kappa shape index (κ1) is 14.7. The topological polar surface area (TPSA) is 17.1 Å². The second-order valence-corrected chi connectivity index (χ2v) is 7.26. The summed E-state index contributed by atoms with van der Waals surface area (Å²) in [6, 6.07) is 33.5. The summed E-state index contributed by atoms with van der Waals surface area (Å²) in [6.07, 6.45) is 0. The molecule has 0 aromatic heterocycles. The van der Waals surface area contributed by atoms with Crippen molar-refractivity contribution in [2.45, 2.75) is 5.41 Å². The van der Waals surface area contributed by atoms with E-state index in [1.54, 1.807) is 0 Å². The molecule has 2 aliphatic carbocycles. The van der Waals surface area contributed by atoms with E-state index in [2.05, 4.69) is 60.7 Å². The van der Waals surface area contributed by atoms with Crippen LogP contribution in [0.5, 0.6) is 0 Å². The molecule has 0 saturated heterocycles. The fraction of sp³-hybridized carbons (Fsp3) is 0.0385. The SMILES string of the molecule is O=C1c2ccccc2C2(c3ccccc31)c1ccccc1-c1ccccc12. The van der Waals surface area contributed by atoms with E-state index in [9.17, 15) is 4.79 Å². The minimum atomic E-state index is -0.436. The Kier molecular flexibility index (Phi) is 2.75. The Bertz CT molecular complexity index is 1150. The van der Waals surface area contributed by atoms with Gasteiger partial charge in [0.2, 0.25) is 0 Å². The van der Waals surface area contributed by atoms with Crippen LogP contribution in [0.4, 0.5) is 0 Å². The lowest BCUT2D eigenvalue weighted by Crippen LogP contribution is -2.36. The van der Waals surface area contributed by atoms with Gasteiger partial charge in [0.05, 0.1) is 5.41 Å². The normalized spacial score (nSPS) is 15.0. The molecule has 0 heterocycles. The first-order valence-electron chi connectivity index (χ1n) is 9.26. The number of hydrogen-bond donors (Lipinski definition) is 0. The minimum absolute atomic E-state index is 0.119. The van der Waals surface area contributed by atoms with Gasteiger partial charge in [-0.15, -0.1) is 0 Å². The molecule has 4 aromatic carbocycles. The van der Waals surface area contributed by atoms with Crippen molar-refractivity contribution in [1.29, 1.82) is 0 Å². The summed E-state index contributed by atoms with van der Waals surface area (Å²) < 4.78 is 0. The zero-order chi connectivity index (χ0) is 18.0. The van der Waals surface area contributed by atoms with Gasteiger partial charge in [0, 0.05) is 11.1 Å². The Morgan fingerprint density at radius 1 is 0.407 bits per heavy atom. The van der Waals surface area contributed by atoms with Crippen LogP contribution in [-0.4, -0.2) is 5.78 Å². The molecule has 1 nitrogen and oxygen atoms in total. The second kappa shape index (κ2) is 5.05. The third kappa shape index (κ3) is 1.63. The van der Waals surface area contributed by atoms with Crippen LogP contribution < -0.4 is 0 Å². The van der Waals surface area contributed by atoms with Gasteiger partial charge in [0.1, 0.15) is 0 Å². The van der Waals surface area contributed by atoms with Crippen molar-refractivity contribution >= 4 is 5.78 Å². The van der Waals surface area contributed by atoms with Gasteiger partial charge in [-0.3, -0.25) is 4.79 Å². The average molecular weight is 344 g/mol. The summed E-state index contributed by atoms with van der Waals surface area (Å²) in [5, 5.41) is 0. The zero-order valence-corrected chi connectivity index (χ0v) is 14.6. The van der Waals surface area contributed by atoms with Crippen LogP contribution in [0.1, 0.15) is 38.2 Å². The standard InChI is InChI=1S/C26H16O/c27-25-19-11-3-7-15-23(19)26(24-16-8-4-12-20(24)25)21-13-5-1-9-17(21)18-10-2-6-14-22(18)26/h1-16H. The summed E-state index contributed by atoms with van der Waals surface area (Å²) in [5.41, 5.74) is 8.40. The molecule has 0 N–H and O–H groups in total. The van der Waals surface area contributed by atoms with Gasteiger partial charge in [0.25, 0.3) is 0 Å². The first-order chi connectivity index (χ1) is 13.3. The Morgan fingerprint density at radius 2 is 0.704 bits per heavy atom. The summed E-state index contributed by atoms with van der Waals surface area (Å²) >= 11 is 0. The Morgan fingerprint density at radius 3 is 1.11 bits per heavy atom. The highest BCUT2D eigenvalue weighted by atomic mass is 16.1. The van der Waals surface area contributed by atoms with Crippen molar-refractivity contribution in [3.05, 3.63) is 130 Å². The molecule has 0 atom stereocenters. The van der Waals surface area contributed by atoms with Crippen molar-refractivity contribution in [3.63, 3.8) is 0 Å². The maximum atomic E-state index is 13.3. The molecule has 126 valence electrons. The third-order valence-corrected chi connectivity index (χ3v) is 6.10. The average Bonchev–Trinajstić information content (AvgIpc) is 3.04. The van der Waals surface area contributed by atoms with Crippen molar-refractivity contribution in [1.82, 2.24) is 0 Å². The quantitative estimate of drug-likeness (QED) is 0.351. The van der Waals surface area contributed by atoms with Crippen LogP contribution in [-0.2, 0) is 5.41 Å². The molecule has 0 aliphatic heterocycles. The molecule has 0 saturated carbocycles. The van der Waals surface area contributed by atoms with Crippen molar-refractivity contribution in [2.75, 3.05) is 0 Å². The van der Waals surface area contributed by atoms with Gasteiger partial charge >= 0.3 is 0 Å². The molecule has 6 rings (SSSR count). The number of carbonyl (C=O) groups is 1. The predicted molar refractivity (Wildman–Crippen MR) is 107 cm³/mol. The van der Waals surface area contributed by atoms with E-state index in [0.717, 1.165) is 22.3 Å². The third-order valence-electron chi connectivity index (χ3n) is 6.10. The molecular formula is C26H16O. The zero-order valence-electron chi connectivity index (χ0n) is 14.6.